The molecular weight excluding hydrogens is 304 g/mol. The first-order chi connectivity index (χ1) is 11.6. The first-order valence-electron chi connectivity index (χ1n) is 8.29. The second-order valence-electron chi connectivity index (χ2n) is 6.03. The van der Waals surface area contributed by atoms with Gasteiger partial charge in [0.05, 0.1) is 12.2 Å². The molecule has 1 N–H and O–H groups in total. The summed E-state index contributed by atoms with van der Waals surface area (Å²) in [5.74, 6) is 0.952. The number of rotatable bonds is 6. The van der Waals surface area contributed by atoms with Crippen molar-refractivity contribution in [2.75, 3.05) is 11.4 Å². The molecule has 6 nitrogen and oxygen atoms in total. The van der Waals surface area contributed by atoms with Crippen molar-refractivity contribution >= 4 is 17.6 Å². The van der Waals surface area contributed by atoms with E-state index in [1.54, 1.807) is 4.90 Å². The Bertz CT molecular complexity index is 724. The van der Waals surface area contributed by atoms with E-state index in [1.165, 1.54) is 0 Å². The summed E-state index contributed by atoms with van der Waals surface area (Å²) in [5.41, 5.74) is 1.99. The molecule has 126 valence electrons. The van der Waals surface area contributed by atoms with E-state index in [9.17, 15) is 9.59 Å². The van der Waals surface area contributed by atoms with Gasteiger partial charge in [-0.15, -0.1) is 0 Å². The predicted molar refractivity (Wildman–Crippen MR) is 91.5 cm³/mol. The molecule has 0 fully saturated rings. The van der Waals surface area contributed by atoms with Gasteiger partial charge in [0.25, 0.3) is 0 Å². The van der Waals surface area contributed by atoms with Crippen LogP contribution in [-0.4, -0.2) is 28.1 Å². The molecule has 3 rings (SSSR count). The molecule has 0 unspecified atom stereocenters. The number of fused-ring (bicyclic) bond motifs is 1. The van der Waals surface area contributed by atoms with Crippen molar-refractivity contribution in [2.24, 2.45) is 0 Å². The fourth-order valence-electron chi connectivity index (χ4n) is 2.90. The van der Waals surface area contributed by atoms with Crippen molar-refractivity contribution in [2.45, 2.75) is 39.3 Å². The van der Waals surface area contributed by atoms with E-state index in [0.29, 0.717) is 38.9 Å². The molecule has 0 spiro atoms. The molecule has 0 aliphatic carbocycles. The second-order valence-corrected chi connectivity index (χ2v) is 6.03. The van der Waals surface area contributed by atoms with Crippen LogP contribution in [0.1, 0.15) is 30.5 Å². The molecule has 1 aliphatic rings. The molecule has 1 aliphatic heterocycles. The van der Waals surface area contributed by atoms with Gasteiger partial charge in [-0.25, -0.2) is 4.68 Å². The number of anilines is 1. The highest BCUT2D eigenvalue weighted by atomic mass is 16.2. The molecule has 24 heavy (non-hydrogen) atoms. The summed E-state index contributed by atoms with van der Waals surface area (Å²) in [6.07, 6.45) is 1.51. The number of aryl methyl sites for hydroxylation is 2. The first-order valence-corrected chi connectivity index (χ1v) is 8.29. The number of aromatic nitrogens is 2. The van der Waals surface area contributed by atoms with Crippen molar-refractivity contribution in [1.29, 1.82) is 0 Å². The number of nitrogens with zero attached hydrogens (tertiary/aromatic N) is 3. The quantitative estimate of drug-likeness (QED) is 0.883. The van der Waals surface area contributed by atoms with E-state index in [-0.39, 0.29) is 11.8 Å². The van der Waals surface area contributed by atoms with E-state index in [2.05, 4.69) is 10.4 Å². The highest BCUT2D eigenvalue weighted by Crippen LogP contribution is 2.22. The third-order valence-corrected chi connectivity index (χ3v) is 4.11. The van der Waals surface area contributed by atoms with Crippen molar-refractivity contribution in [3.63, 3.8) is 0 Å². The van der Waals surface area contributed by atoms with Crippen LogP contribution in [0, 0.1) is 6.92 Å². The molecular formula is C18H22N4O2. The fourth-order valence-corrected chi connectivity index (χ4v) is 2.90. The number of amides is 2. The monoisotopic (exact) mass is 326 g/mol. The van der Waals surface area contributed by atoms with Crippen LogP contribution in [0.2, 0.25) is 0 Å². The summed E-state index contributed by atoms with van der Waals surface area (Å²) in [6.45, 7) is 3.64. The van der Waals surface area contributed by atoms with Crippen LogP contribution in [-0.2, 0) is 22.7 Å². The first kappa shape index (κ1) is 16.2. The minimum absolute atomic E-state index is 0.00741. The van der Waals surface area contributed by atoms with E-state index < -0.39 is 0 Å². The normalized spacial score (nSPS) is 13.7. The smallest absolute Gasteiger partial charge is 0.229 e. The lowest BCUT2D eigenvalue weighted by Crippen LogP contribution is -2.38. The van der Waals surface area contributed by atoms with Gasteiger partial charge in [-0.2, -0.15) is 5.10 Å². The van der Waals surface area contributed by atoms with Crippen LogP contribution in [0.3, 0.4) is 0 Å². The van der Waals surface area contributed by atoms with Gasteiger partial charge in [0, 0.05) is 32.0 Å². The minimum Gasteiger partial charge on any atom is -0.352 e. The molecule has 0 bridgehead atoms. The molecule has 0 saturated carbocycles. The average Bonchev–Trinajstić information content (AvgIpc) is 2.96. The Morgan fingerprint density at radius 1 is 1.29 bits per heavy atom. The zero-order valence-corrected chi connectivity index (χ0v) is 13.9. The molecule has 6 heteroatoms. The summed E-state index contributed by atoms with van der Waals surface area (Å²) in [6, 6.07) is 11.7. The summed E-state index contributed by atoms with van der Waals surface area (Å²) >= 11 is 0. The van der Waals surface area contributed by atoms with E-state index in [0.717, 1.165) is 17.1 Å². The van der Waals surface area contributed by atoms with Crippen LogP contribution >= 0.6 is 0 Å². The van der Waals surface area contributed by atoms with Gasteiger partial charge in [0.15, 0.2) is 0 Å². The van der Waals surface area contributed by atoms with Crippen LogP contribution < -0.4 is 10.2 Å². The standard InChI is InChI=1S/C18H22N4O2/c1-14-12-17-21(18(24)9-11-22(17)20-14)10-5-8-16(23)19-13-15-6-3-2-4-7-15/h2-4,6-7,12H,5,8-11,13H2,1H3,(H,19,23). The maximum atomic E-state index is 12.1. The van der Waals surface area contributed by atoms with Crippen molar-refractivity contribution in [1.82, 2.24) is 15.1 Å². The SMILES string of the molecule is Cc1cc2n(n1)CCC(=O)N2CCCC(=O)NCc1ccccc1. The Labute approximate surface area is 141 Å². The number of nitrogens with one attached hydrogen (secondary N) is 1. The molecule has 2 heterocycles. The van der Waals surface area contributed by atoms with Gasteiger partial charge >= 0.3 is 0 Å². The number of hydrogen-bond acceptors (Lipinski definition) is 3. The summed E-state index contributed by atoms with van der Waals surface area (Å²) in [4.78, 5) is 25.8. The Hall–Kier alpha value is -2.63. The summed E-state index contributed by atoms with van der Waals surface area (Å²) in [7, 11) is 0. The summed E-state index contributed by atoms with van der Waals surface area (Å²) < 4.78 is 1.87. The number of carbonyl (C=O) groups is 2. The van der Waals surface area contributed by atoms with Gasteiger partial charge in [-0.1, -0.05) is 30.3 Å². The zero-order chi connectivity index (χ0) is 16.9. The number of benzene rings is 1. The van der Waals surface area contributed by atoms with E-state index in [4.69, 9.17) is 0 Å². The topological polar surface area (TPSA) is 67.2 Å². The van der Waals surface area contributed by atoms with Crippen LogP contribution in [0.5, 0.6) is 0 Å². The van der Waals surface area contributed by atoms with Crippen LogP contribution in [0.4, 0.5) is 5.82 Å². The van der Waals surface area contributed by atoms with E-state index >= 15 is 0 Å². The molecule has 1 aromatic heterocycles. The second kappa shape index (κ2) is 7.29. The molecule has 2 amide bonds. The Morgan fingerprint density at radius 3 is 2.88 bits per heavy atom. The van der Waals surface area contributed by atoms with Gasteiger partial charge in [0.2, 0.25) is 11.8 Å². The minimum atomic E-state index is 0.00741. The van der Waals surface area contributed by atoms with Crippen LogP contribution in [0.15, 0.2) is 36.4 Å². The number of hydrogen-bond donors (Lipinski definition) is 1. The number of carbonyl (C=O) groups excluding carboxylic acids is 2. The largest absolute Gasteiger partial charge is 0.352 e. The molecule has 0 atom stereocenters. The Balaban J connectivity index is 1.47. The van der Waals surface area contributed by atoms with E-state index in [1.807, 2.05) is 48.0 Å². The fraction of sp³-hybridized carbons (Fsp3) is 0.389. The Kier molecular flexibility index (Phi) is 4.93. The van der Waals surface area contributed by atoms with Gasteiger partial charge in [-0.3, -0.25) is 14.5 Å². The molecule has 1 aromatic carbocycles. The third kappa shape index (κ3) is 3.82. The average molecular weight is 326 g/mol. The van der Waals surface area contributed by atoms with Crippen LogP contribution in [0.25, 0.3) is 0 Å². The lowest BCUT2D eigenvalue weighted by molar-refractivity contribution is -0.122. The van der Waals surface area contributed by atoms with Crippen molar-refractivity contribution in [3.8, 4) is 0 Å². The zero-order valence-electron chi connectivity index (χ0n) is 13.9. The van der Waals surface area contributed by atoms with Crippen molar-refractivity contribution in [3.05, 3.63) is 47.7 Å². The lowest BCUT2D eigenvalue weighted by Gasteiger charge is -2.27. The predicted octanol–water partition coefficient (Wildman–Crippen LogP) is 2.02. The molecule has 0 radical (unpaired) electrons. The van der Waals surface area contributed by atoms with Crippen molar-refractivity contribution < 1.29 is 9.59 Å². The highest BCUT2D eigenvalue weighted by Gasteiger charge is 2.25. The third-order valence-electron chi connectivity index (χ3n) is 4.11. The van der Waals surface area contributed by atoms with Gasteiger partial charge < -0.3 is 5.32 Å². The Morgan fingerprint density at radius 2 is 2.08 bits per heavy atom. The maximum Gasteiger partial charge on any atom is 0.229 e. The van der Waals surface area contributed by atoms with Gasteiger partial charge in [0.1, 0.15) is 5.82 Å². The summed E-state index contributed by atoms with van der Waals surface area (Å²) in [5, 5.41) is 7.30. The maximum absolute atomic E-state index is 12.1. The lowest BCUT2D eigenvalue weighted by atomic mass is 10.2. The van der Waals surface area contributed by atoms with Gasteiger partial charge in [-0.05, 0) is 18.9 Å². The molecule has 0 saturated heterocycles. The molecule has 2 aromatic rings. The highest BCUT2D eigenvalue weighted by molar-refractivity contribution is 5.93.